The highest BCUT2D eigenvalue weighted by Crippen LogP contribution is 2.37. The molecule has 8 heteroatoms. The van der Waals surface area contributed by atoms with Crippen molar-refractivity contribution in [3.05, 3.63) is 39.9 Å². The molecular weight excluding hydrogens is 428 g/mol. The normalized spacial score (nSPS) is 28.2. The molecule has 0 bridgehead atoms. The molecule has 0 aliphatic heterocycles. The average Bonchev–Trinajstić information content (AvgIpc) is 2.78. The van der Waals surface area contributed by atoms with Gasteiger partial charge in [-0.25, -0.2) is 0 Å². The van der Waals surface area contributed by atoms with Gasteiger partial charge in [0.15, 0.2) is 0 Å². The van der Waals surface area contributed by atoms with Crippen LogP contribution in [0, 0.1) is 18.8 Å². The zero-order chi connectivity index (χ0) is 23.7. The molecule has 2 saturated carbocycles. The molecule has 4 rings (SSSR count). The van der Waals surface area contributed by atoms with Gasteiger partial charge < -0.3 is 14.6 Å². The second kappa shape index (κ2) is 9.87. The van der Waals surface area contributed by atoms with Crippen LogP contribution < -0.4 is 10.9 Å². The van der Waals surface area contributed by atoms with E-state index in [2.05, 4.69) is 22.0 Å². The third-order valence-electron chi connectivity index (χ3n) is 7.51. The summed E-state index contributed by atoms with van der Waals surface area (Å²) in [7, 11) is 1.79. The third kappa shape index (κ3) is 5.26. The Kier molecular flexibility index (Phi) is 7.12. The topological polar surface area (TPSA) is 73.2 Å². The van der Waals surface area contributed by atoms with Crippen LogP contribution in [0.25, 0.3) is 10.9 Å². The third-order valence-corrected chi connectivity index (χ3v) is 7.51. The van der Waals surface area contributed by atoms with E-state index in [4.69, 9.17) is 0 Å². The molecule has 2 heterocycles. The molecule has 180 valence electrons. The van der Waals surface area contributed by atoms with Crippen LogP contribution in [0.3, 0.4) is 0 Å². The zero-order valence-electron chi connectivity index (χ0n) is 19.5. The van der Waals surface area contributed by atoms with E-state index in [9.17, 15) is 18.4 Å². The van der Waals surface area contributed by atoms with Crippen molar-refractivity contribution < 1.29 is 18.3 Å². The largest absolute Gasteiger partial charge is 0.353 e. The van der Waals surface area contributed by atoms with Crippen molar-refractivity contribution >= 4 is 16.8 Å². The molecule has 2 aromatic heterocycles. The summed E-state index contributed by atoms with van der Waals surface area (Å²) < 4.78 is 31.5. The van der Waals surface area contributed by atoms with Gasteiger partial charge in [0.2, 0.25) is 5.91 Å². The fraction of sp³-hybridized carbons (Fsp3) is 0.640. The van der Waals surface area contributed by atoms with Crippen LogP contribution in [0.4, 0.5) is 8.78 Å². The van der Waals surface area contributed by atoms with Gasteiger partial charge in [0.25, 0.3) is 5.56 Å². The first-order valence-corrected chi connectivity index (χ1v) is 11.9. The molecule has 2 fully saturated rings. The Morgan fingerprint density at radius 1 is 1.21 bits per heavy atom. The van der Waals surface area contributed by atoms with Crippen molar-refractivity contribution in [3.63, 3.8) is 0 Å². The van der Waals surface area contributed by atoms with Gasteiger partial charge in [0.1, 0.15) is 0 Å². The van der Waals surface area contributed by atoms with Crippen LogP contribution in [-0.2, 0) is 16.6 Å². The second-order valence-electron chi connectivity index (χ2n) is 9.83. The maximum absolute atomic E-state index is 13.2. The maximum atomic E-state index is 13.2. The number of carbonyl (C=O) groups excluding carboxylic acids is 1. The first-order chi connectivity index (χ1) is 15.7. The second-order valence-corrected chi connectivity index (χ2v) is 9.83. The number of hydrogen-bond donors (Lipinski definition) is 1. The number of amides is 1. The Hall–Kier alpha value is -2.35. The Morgan fingerprint density at radius 3 is 2.76 bits per heavy atom. The molecule has 5 unspecified atom stereocenters. The highest BCUT2D eigenvalue weighted by Gasteiger charge is 2.34. The van der Waals surface area contributed by atoms with Crippen molar-refractivity contribution in [2.24, 2.45) is 18.9 Å². The van der Waals surface area contributed by atoms with Gasteiger partial charge in [0, 0.05) is 41.8 Å². The fourth-order valence-corrected chi connectivity index (χ4v) is 5.61. The first-order valence-electron chi connectivity index (χ1n) is 11.9. The van der Waals surface area contributed by atoms with E-state index in [1.54, 1.807) is 17.8 Å². The number of pyridine rings is 2. The van der Waals surface area contributed by atoms with Gasteiger partial charge in [-0.05, 0) is 69.4 Å². The Labute approximate surface area is 192 Å². The predicted octanol–water partition coefficient (Wildman–Crippen LogP) is 4.43. The number of ether oxygens (including phenoxy) is 1. The lowest BCUT2D eigenvalue weighted by molar-refractivity contribution is -0.175. The van der Waals surface area contributed by atoms with Gasteiger partial charge in [-0.3, -0.25) is 14.6 Å². The number of fused-ring (bicyclic) bond motifs is 1. The molecule has 2 aromatic rings. The summed E-state index contributed by atoms with van der Waals surface area (Å²) in [5.74, 6) is -0.0277. The number of aryl methyl sites for hydroxylation is 2. The molecule has 1 N–H and O–H groups in total. The van der Waals surface area contributed by atoms with Crippen LogP contribution in [0.15, 0.2) is 23.1 Å². The van der Waals surface area contributed by atoms with Crippen molar-refractivity contribution in [1.29, 1.82) is 0 Å². The van der Waals surface area contributed by atoms with Crippen molar-refractivity contribution in [1.82, 2.24) is 14.9 Å². The number of halogens is 2. The highest BCUT2D eigenvalue weighted by molar-refractivity contribution is 5.80. The standard InChI is InChI=1S/C25H33F2N3O3/c1-14-7-8-18(29-23(31)16-5-4-6-19(10-16)33-25(26)27)12-20(14)21-11-17-13-28-15(2)9-22(17)30(3)24(21)32/h9,11,13-14,16,18-20,25H,4-8,10,12H2,1-3H3,(H,29,31). The van der Waals surface area contributed by atoms with Crippen LogP contribution >= 0.6 is 0 Å². The summed E-state index contributed by atoms with van der Waals surface area (Å²) in [6, 6.07) is 3.85. The Balaban J connectivity index is 1.49. The number of nitrogens with zero attached hydrogens (tertiary/aromatic N) is 2. The lowest BCUT2D eigenvalue weighted by atomic mass is 9.74. The average molecular weight is 462 g/mol. The molecule has 0 saturated heterocycles. The van der Waals surface area contributed by atoms with Gasteiger partial charge in [-0.1, -0.05) is 13.3 Å². The van der Waals surface area contributed by atoms with E-state index in [1.807, 2.05) is 19.1 Å². The number of rotatable bonds is 5. The number of carbonyl (C=O) groups is 1. The van der Waals surface area contributed by atoms with E-state index in [1.165, 1.54) is 0 Å². The molecule has 2 aliphatic rings. The SMILES string of the molecule is Cc1cc2c(cn1)cc(C1CC(NC(=O)C3CCCC(OC(F)F)C3)CCC1C)c(=O)n2C. The monoisotopic (exact) mass is 461 g/mol. The fourth-order valence-electron chi connectivity index (χ4n) is 5.61. The molecule has 6 nitrogen and oxygen atoms in total. The number of aromatic nitrogens is 2. The van der Waals surface area contributed by atoms with Gasteiger partial charge in [-0.15, -0.1) is 0 Å². The van der Waals surface area contributed by atoms with Gasteiger partial charge in [-0.2, -0.15) is 8.78 Å². The predicted molar refractivity (Wildman–Crippen MR) is 122 cm³/mol. The minimum absolute atomic E-state index is 0.00352. The van der Waals surface area contributed by atoms with Crippen LogP contribution in [0.1, 0.15) is 69.0 Å². The summed E-state index contributed by atoms with van der Waals surface area (Å²) in [4.78, 5) is 30.5. The number of alkyl halides is 2. The molecule has 5 atom stereocenters. The Morgan fingerprint density at radius 2 is 2.00 bits per heavy atom. The minimum Gasteiger partial charge on any atom is -0.353 e. The van der Waals surface area contributed by atoms with Crippen molar-refractivity contribution in [2.45, 2.75) is 83.5 Å². The van der Waals surface area contributed by atoms with E-state index in [0.717, 1.165) is 35.0 Å². The van der Waals surface area contributed by atoms with Crippen LogP contribution in [-0.4, -0.2) is 34.2 Å². The molecule has 2 aliphatic carbocycles. The number of nitrogens with one attached hydrogen (secondary N) is 1. The first kappa shape index (κ1) is 23.8. The molecule has 1 amide bonds. The summed E-state index contributed by atoms with van der Waals surface area (Å²) in [6.45, 7) is 1.26. The molecule has 0 spiro atoms. The number of hydrogen-bond acceptors (Lipinski definition) is 4. The van der Waals surface area contributed by atoms with E-state index >= 15 is 0 Å². The van der Waals surface area contributed by atoms with Crippen molar-refractivity contribution in [3.8, 4) is 0 Å². The molecule has 0 aromatic carbocycles. The Bertz CT molecular complexity index is 1070. The zero-order valence-corrected chi connectivity index (χ0v) is 19.5. The van der Waals surface area contributed by atoms with Crippen LogP contribution in [0.2, 0.25) is 0 Å². The maximum Gasteiger partial charge on any atom is 0.345 e. The van der Waals surface area contributed by atoms with E-state index in [-0.39, 0.29) is 29.3 Å². The lowest BCUT2D eigenvalue weighted by Crippen LogP contribution is -2.44. The highest BCUT2D eigenvalue weighted by atomic mass is 19.3. The molecule has 0 radical (unpaired) electrons. The smallest absolute Gasteiger partial charge is 0.345 e. The van der Waals surface area contributed by atoms with Gasteiger partial charge in [0.05, 0.1) is 11.6 Å². The lowest BCUT2D eigenvalue weighted by Gasteiger charge is -2.36. The summed E-state index contributed by atoms with van der Waals surface area (Å²) in [5, 5.41) is 4.09. The van der Waals surface area contributed by atoms with Crippen LogP contribution in [0.5, 0.6) is 0 Å². The van der Waals surface area contributed by atoms with E-state index < -0.39 is 12.7 Å². The summed E-state index contributed by atoms with van der Waals surface area (Å²) in [5.41, 5.74) is 2.49. The summed E-state index contributed by atoms with van der Waals surface area (Å²) >= 11 is 0. The van der Waals surface area contributed by atoms with Gasteiger partial charge >= 0.3 is 6.61 Å². The minimum atomic E-state index is -2.80. The van der Waals surface area contributed by atoms with E-state index in [0.29, 0.717) is 38.0 Å². The quantitative estimate of drug-likeness (QED) is 0.715. The molecular formula is C25H33F2N3O3. The van der Waals surface area contributed by atoms with Crippen molar-refractivity contribution in [2.75, 3.05) is 0 Å². The molecule has 33 heavy (non-hydrogen) atoms. The summed E-state index contributed by atoms with van der Waals surface area (Å²) in [6.07, 6.45) is 5.99.